The third kappa shape index (κ3) is 2.68. The predicted octanol–water partition coefficient (Wildman–Crippen LogP) is 0.928. The molecular weight excluding hydrogens is 195 g/mol. The Kier molecular flexibility index (Phi) is 3.59. The Labute approximate surface area is 90.8 Å². The van der Waals surface area contributed by atoms with Crippen molar-refractivity contribution < 1.29 is 9.13 Å². The lowest BCUT2D eigenvalue weighted by Crippen LogP contribution is -2.54. The number of piperidine rings is 1. The van der Waals surface area contributed by atoms with Crippen LogP contribution in [0.25, 0.3) is 0 Å². The van der Waals surface area contributed by atoms with Crippen molar-refractivity contribution in [3.8, 4) is 0 Å². The van der Waals surface area contributed by atoms with E-state index in [2.05, 4.69) is 4.90 Å². The van der Waals surface area contributed by atoms with Crippen LogP contribution in [0.2, 0.25) is 0 Å². The molecule has 0 amide bonds. The van der Waals surface area contributed by atoms with Gasteiger partial charge in [0.25, 0.3) is 0 Å². The molecule has 0 aliphatic carbocycles. The van der Waals surface area contributed by atoms with Gasteiger partial charge in [0.05, 0.1) is 0 Å². The van der Waals surface area contributed by atoms with Crippen molar-refractivity contribution in [2.24, 2.45) is 5.73 Å². The van der Waals surface area contributed by atoms with E-state index in [0.29, 0.717) is 6.04 Å². The first-order valence-electron chi connectivity index (χ1n) is 5.90. The highest BCUT2D eigenvalue weighted by molar-refractivity contribution is 4.91. The van der Waals surface area contributed by atoms with Crippen molar-refractivity contribution >= 4 is 0 Å². The fraction of sp³-hybridized carbons (Fsp3) is 1.00. The zero-order valence-electron chi connectivity index (χ0n) is 9.25. The fourth-order valence-electron chi connectivity index (χ4n) is 2.52. The van der Waals surface area contributed by atoms with E-state index in [9.17, 15) is 4.39 Å². The van der Waals surface area contributed by atoms with Crippen molar-refractivity contribution in [3.05, 3.63) is 0 Å². The van der Waals surface area contributed by atoms with Gasteiger partial charge in [0.2, 0.25) is 0 Å². The van der Waals surface area contributed by atoms with Crippen LogP contribution in [-0.4, -0.2) is 49.5 Å². The molecule has 4 heteroatoms. The van der Waals surface area contributed by atoms with E-state index in [4.69, 9.17) is 10.5 Å². The van der Waals surface area contributed by atoms with Gasteiger partial charge in [-0.25, -0.2) is 4.39 Å². The van der Waals surface area contributed by atoms with E-state index >= 15 is 0 Å². The Bertz CT molecular complexity index is 199. The number of likely N-dealkylation sites (tertiary alicyclic amines) is 1. The fourth-order valence-corrected chi connectivity index (χ4v) is 2.52. The molecule has 0 aromatic heterocycles. The highest BCUT2D eigenvalue weighted by atomic mass is 19.1. The molecule has 0 saturated carbocycles. The molecule has 3 nitrogen and oxygen atoms in total. The molecule has 15 heavy (non-hydrogen) atoms. The number of alkyl halides is 1. The second-order valence-corrected chi connectivity index (χ2v) is 4.88. The molecule has 0 aromatic carbocycles. The average molecular weight is 216 g/mol. The number of hydrogen-bond donors (Lipinski definition) is 1. The predicted molar refractivity (Wildman–Crippen MR) is 57.5 cm³/mol. The van der Waals surface area contributed by atoms with Crippen molar-refractivity contribution in [1.82, 2.24) is 4.90 Å². The molecular formula is C11H21FN2O. The summed E-state index contributed by atoms with van der Waals surface area (Å²) in [5, 5.41) is 0. The highest BCUT2D eigenvalue weighted by Crippen LogP contribution is 2.24. The molecule has 2 heterocycles. The Morgan fingerprint density at radius 3 is 2.40 bits per heavy atom. The molecule has 2 rings (SSSR count). The average Bonchev–Trinajstić information content (AvgIpc) is 2.31. The summed E-state index contributed by atoms with van der Waals surface area (Å²) in [7, 11) is 0. The summed E-state index contributed by atoms with van der Waals surface area (Å²) in [6.45, 7) is 3.26. The third-order valence-corrected chi connectivity index (χ3v) is 3.77. The van der Waals surface area contributed by atoms with Gasteiger partial charge in [-0.15, -0.1) is 0 Å². The molecule has 0 radical (unpaired) electrons. The Morgan fingerprint density at radius 2 is 1.87 bits per heavy atom. The molecule has 2 saturated heterocycles. The molecule has 0 unspecified atom stereocenters. The summed E-state index contributed by atoms with van der Waals surface area (Å²) in [6, 6.07) is 0.642. The molecule has 0 bridgehead atoms. The van der Waals surface area contributed by atoms with Gasteiger partial charge in [-0.2, -0.15) is 0 Å². The van der Waals surface area contributed by atoms with Crippen molar-refractivity contribution in [2.45, 2.75) is 37.3 Å². The first-order chi connectivity index (χ1) is 7.23. The third-order valence-electron chi connectivity index (χ3n) is 3.77. The summed E-state index contributed by atoms with van der Waals surface area (Å²) in [5.74, 6) is 0. The molecule has 0 aromatic rings. The van der Waals surface area contributed by atoms with Gasteiger partial charge in [0.1, 0.15) is 6.67 Å². The van der Waals surface area contributed by atoms with Crippen molar-refractivity contribution in [1.29, 1.82) is 0 Å². The second kappa shape index (κ2) is 4.76. The van der Waals surface area contributed by atoms with Crippen LogP contribution < -0.4 is 5.73 Å². The van der Waals surface area contributed by atoms with E-state index in [-0.39, 0.29) is 6.67 Å². The maximum absolute atomic E-state index is 12.7. The minimum atomic E-state index is -0.540. The van der Waals surface area contributed by atoms with Gasteiger partial charge in [-0.3, -0.25) is 0 Å². The molecule has 2 aliphatic heterocycles. The van der Waals surface area contributed by atoms with Crippen molar-refractivity contribution in [3.63, 3.8) is 0 Å². The maximum Gasteiger partial charge on any atom is 0.107 e. The maximum atomic E-state index is 12.7. The summed E-state index contributed by atoms with van der Waals surface area (Å²) >= 11 is 0. The number of rotatable bonds is 2. The van der Waals surface area contributed by atoms with Gasteiger partial charge < -0.3 is 15.4 Å². The number of ether oxygens (including phenoxy) is 1. The SMILES string of the molecule is NC1(CF)CCN(C2CCOCC2)CC1. The minimum absolute atomic E-state index is 0.380. The van der Waals surface area contributed by atoms with Crippen LogP contribution in [0.3, 0.4) is 0 Å². The lowest BCUT2D eigenvalue weighted by atomic mass is 9.88. The van der Waals surface area contributed by atoms with Gasteiger partial charge in [-0.1, -0.05) is 0 Å². The van der Waals surface area contributed by atoms with E-state index < -0.39 is 5.54 Å². The van der Waals surface area contributed by atoms with E-state index in [1.165, 1.54) is 0 Å². The van der Waals surface area contributed by atoms with Crippen molar-refractivity contribution in [2.75, 3.05) is 33.0 Å². The number of hydrogen-bond acceptors (Lipinski definition) is 3. The number of halogens is 1. The lowest BCUT2D eigenvalue weighted by molar-refractivity contribution is 0.0156. The van der Waals surface area contributed by atoms with Crippen LogP contribution in [0.15, 0.2) is 0 Å². The summed E-state index contributed by atoms with van der Waals surface area (Å²) in [4.78, 5) is 2.46. The van der Waals surface area contributed by atoms with E-state index in [1.807, 2.05) is 0 Å². The smallest absolute Gasteiger partial charge is 0.107 e. The molecule has 2 fully saturated rings. The standard InChI is InChI=1S/C11H21FN2O/c12-9-11(13)3-5-14(6-4-11)10-1-7-15-8-2-10/h10H,1-9,13H2. The molecule has 2 aliphatic rings. The lowest BCUT2D eigenvalue weighted by Gasteiger charge is -2.42. The van der Waals surface area contributed by atoms with Crippen LogP contribution in [-0.2, 0) is 4.74 Å². The summed E-state index contributed by atoms with van der Waals surface area (Å²) in [6.07, 6.45) is 3.82. The minimum Gasteiger partial charge on any atom is -0.381 e. The van der Waals surface area contributed by atoms with E-state index in [0.717, 1.165) is 52.0 Å². The van der Waals surface area contributed by atoms with Gasteiger partial charge in [0.15, 0.2) is 0 Å². The van der Waals surface area contributed by atoms with Crippen LogP contribution in [0.5, 0.6) is 0 Å². The largest absolute Gasteiger partial charge is 0.381 e. The number of nitrogens with zero attached hydrogens (tertiary/aromatic N) is 1. The second-order valence-electron chi connectivity index (χ2n) is 4.88. The van der Waals surface area contributed by atoms with Crippen LogP contribution in [0, 0.1) is 0 Å². The highest BCUT2D eigenvalue weighted by Gasteiger charge is 2.33. The Hall–Kier alpha value is -0.190. The summed E-state index contributed by atoms with van der Waals surface area (Å²) < 4.78 is 18.0. The van der Waals surface area contributed by atoms with Gasteiger partial charge in [-0.05, 0) is 25.7 Å². The summed E-state index contributed by atoms with van der Waals surface area (Å²) in [5.41, 5.74) is 5.38. The zero-order valence-corrected chi connectivity index (χ0v) is 9.25. The molecule has 0 spiro atoms. The van der Waals surface area contributed by atoms with Gasteiger partial charge >= 0.3 is 0 Å². The van der Waals surface area contributed by atoms with Gasteiger partial charge in [0, 0.05) is 37.9 Å². The molecule has 2 N–H and O–H groups in total. The van der Waals surface area contributed by atoms with Crippen LogP contribution >= 0.6 is 0 Å². The first-order valence-corrected chi connectivity index (χ1v) is 5.90. The van der Waals surface area contributed by atoms with Crippen LogP contribution in [0.1, 0.15) is 25.7 Å². The quantitative estimate of drug-likeness (QED) is 0.746. The molecule has 0 atom stereocenters. The molecule has 88 valence electrons. The van der Waals surface area contributed by atoms with E-state index in [1.54, 1.807) is 0 Å². The topological polar surface area (TPSA) is 38.5 Å². The van der Waals surface area contributed by atoms with Crippen LogP contribution in [0.4, 0.5) is 4.39 Å². The zero-order chi connectivity index (χ0) is 10.7. The Balaban J connectivity index is 1.82. The normalized spacial score (nSPS) is 29.2. The first kappa shape index (κ1) is 11.3. The number of nitrogens with two attached hydrogens (primary N) is 1. The Morgan fingerprint density at radius 1 is 1.27 bits per heavy atom. The monoisotopic (exact) mass is 216 g/mol.